The second kappa shape index (κ2) is 4.41. The highest BCUT2D eigenvalue weighted by Crippen LogP contribution is 2.22. The van der Waals surface area contributed by atoms with E-state index in [1.54, 1.807) is 6.20 Å². The van der Waals surface area contributed by atoms with Gasteiger partial charge in [-0.2, -0.15) is 4.98 Å². The van der Waals surface area contributed by atoms with Gasteiger partial charge < -0.3 is 15.2 Å². The zero-order valence-corrected chi connectivity index (χ0v) is 10.3. The number of nitrogens with two attached hydrogens (primary N) is 1. The van der Waals surface area contributed by atoms with Crippen LogP contribution in [0.1, 0.15) is 18.6 Å². The summed E-state index contributed by atoms with van der Waals surface area (Å²) in [6.07, 6.45) is 3.61. The molecule has 0 aromatic carbocycles. The van der Waals surface area contributed by atoms with Gasteiger partial charge in [0.05, 0.1) is 11.8 Å². The molecule has 1 aliphatic rings. The number of nitrogens with zero attached hydrogens (tertiary/aromatic N) is 4. The van der Waals surface area contributed by atoms with Crippen LogP contribution in [0.3, 0.4) is 0 Å². The molecule has 1 aliphatic heterocycles. The van der Waals surface area contributed by atoms with Crippen LogP contribution in [0.15, 0.2) is 10.7 Å². The number of aryl methyl sites for hydroxylation is 1. The van der Waals surface area contributed by atoms with E-state index in [9.17, 15) is 0 Å². The van der Waals surface area contributed by atoms with E-state index in [0.717, 1.165) is 43.2 Å². The van der Waals surface area contributed by atoms with Gasteiger partial charge in [0.2, 0.25) is 5.95 Å². The summed E-state index contributed by atoms with van der Waals surface area (Å²) in [5, 5.41) is 10.9. The Morgan fingerprint density at radius 2 is 2.22 bits per heavy atom. The first-order valence-electron chi connectivity index (χ1n) is 6.08. The van der Waals surface area contributed by atoms with Crippen molar-refractivity contribution in [1.29, 1.82) is 0 Å². The maximum absolute atomic E-state index is 5.88. The molecule has 0 amide bonds. The van der Waals surface area contributed by atoms with Crippen LogP contribution in [-0.2, 0) is 0 Å². The molecule has 3 heterocycles. The van der Waals surface area contributed by atoms with Gasteiger partial charge in [-0.3, -0.25) is 5.10 Å². The fraction of sp³-hybridized carbons (Fsp3) is 0.545. The highest BCUT2D eigenvalue weighted by atomic mass is 16.5. The van der Waals surface area contributed by atoms with Crippen LogP contribution in [0.2, 0.25) is 0 Å². The monoisotopic (exact) mass is 248 g/mol. The molecule has 18 heavy (non-hydrogen) atoms. The first-order valence-corrected chi connectivity index (χ1v) is 6.08. The Hall–Kier alpha value is -1.89. The molecule has 0 unspecified atom stereocenters. The van der Waals surface area contributed by atoms with Gasteiger partial charge >= 0.3 is 0 Å². The lowest BCUT2D eigenvalue weighted by Crippen LogP contribution is -2.40. The van der Waals surface area contributed by atoms with Crippen molar-refractivity contribution >= 4 is 5.95 Å². The molecule has 7 heteroatoms. The van der Waals surface area contributed by atoms with Crippen molar-refractivity contribution in [3.63, 3.8) is 0 Å². The summed E-state index contributed by atoms with van der Waals surface area (Å²) < 4.78 is 5.02. The molecule has 96 valence electrons. The minimum atomic E-state index is 0.306. The zero-order valence-electron chi connectivity index (χ0n) is 10.3. The summed E-state index contributed by atoms with van der Waals surface area (Å²) in [5.41, 5.74) is 6.73. The minimum Gasteiger partial charge on any atom is -0.361 e. The predicted octanol–water partition coefficient (Wildman–Crippen LogP) is 0.696. The predicted molar refractivity (Wildman–Crippen MR) is 66.0 cm³/mol. The maximum atomic E-state index is 5.88. The summed E-state index contributed by atoms with van der Waals surface area (Å²) in [6.45, 7) is 3.66. The molecule has 3 N–H and O–H groups in total. The lowest BCUT2D eigenvalue weighted by molar-refractivity contribution is 0.398. The highest BCUT2D eigenvalue weighted by Gasteiger charge is 2.20. The molecule has 0 saturated carbocycles. The number of aromatic nitrogens is 4. The fourth-order valence-electron chi connectivity index (χ4n) is 2.14. The topological polar surface area (TPSA) is 96.9 Å². The van der Waals surface area contributed by atoms with Crippen molar-refractivity contribution in [2.24, 2.45) is 5.73 Å². The number of hydrogen-bond donors (Lipinski definition) is 2. The fourth-order valence-corrected chi connectivity index (χ4v) is 2.14. The third-order valence-electron chi connectivity index (χ3n) is 3.30. The van der Waals surface area contributed by atoms with Crippen LogP contribution in [0.25, 0.3) is 11.4 Å². The van der Waals surface area contributed by atoms with Gasteiger partial charge in [0.15, 0.2) is 5.82 Å². The normalized spacial score (nSPS) is 17.3. The largest absolute Gasteiger partial charge is 0.361 e. The SMILES string of the molecule is Cc1oncc1-c1nc(N2CCC(N)CC2)n[nH]1. The van der Waals surface area contributed by atoms with E-state index in [-0.39, 0.29) is 0 Å². The summed E-state index contributed by atoms with van der Waals surface area (Å²) in [4.78, 5) is 6.63. The van der Waals surface area contributed by atoms with E-state index in [0.29, 0.717) is 11.9 Å². The number of rotatable bonds is 2. The van der Waals surface area contributed by atoms with Crippen LogP contribution in [0.5, 0.6) is 0 Å². The van der Waals surface area contributed by atoms with E-state index in [1.807, 2.05) is 6.92 Å². The Bertz CT molecular complexity index is 525. The number of piperidine rings is 1. The molecule has 1 saturated heterocycles. The highest BCUT2D eigenvalue weighted by molar-refractivity contribution is 5.57. The molecule has 0 atom stereocenters. The van der Waals surface area contributed by atoms with E-state index in [4.69, 9.17) is 10.3 Å². The van der Waals surface area contributed by atoms with Gasteiger partial charge in [0.1, 0.15) is 5.76 Å². The van der Waals surface area contributed by atoms with Crippen molar-refractivity contribution in [3.05, 3.63) is 12.0 Å². The maximum Gasteiger partial charge on any atom is 0.245 e. The van der Waals surface area contributed by atoms with Gasteiger partial charge in [-0.1, -0.05) is 5.16 Å². The van der Waals surface area contributed by atoms with E-state index in [2.05, 4.69) is 25.2 Å². The summed E-state index contributed by atoms with van der Waals surface area (Å²) in [5.74, 6) is 2.15. The van der Waals surface area contributed by atoms with Crippen LogP contribution in [-0.4, -0.2) is 39.5 Å². The van der Waals surface area contributed by atoms with E-state index in [1.165, 1.54) is 0 Å². The third-order valence-corrected chi connectivity index (χ3v) is 3.30. The quantitative estimate of drug-likeness (QED) is 0.811. The molecule has 2 aromatic rings. The van der Waals surface area contributed by atoms with Gasteiger partial charge in [-0.25, -0.2) is 0 Å². The lowest BCUT2D eigenvalue weighted by Gasteiger charge is -2.28. The van der Waals surface area contributed by atoms with Crippen LogP contribution >= 0.6 is 0 Å². The Morgan fingerprint density at radius 3 is 2.89 bits per heavy atom. The van der Waals surface area contributed by atoms with E-state index < -0.39 is 0 Å². The molecule has 0 radical (unpaired) electrons. The van der Waals surface area contributed by atoms with Gasteiger partial charge in [-0.15, -0.1) is 5.10 Å². The molecular weight excluding hydrogens is 232 g/mol. The molecule has 1 fully saturated rings. The third kappa shape index (κ3) is 1.97. The van der Waals surface area contributed by atoms with Crippen molar-refractivity contribution in [3.8, 4) is 11.4 Å². The van der Waals surface area contributed by atoms with Gasteiger partial charge in [-0.05, 0) is 19.8 Å². The van der Waals surface area contributed by atoms with Crippen LogP contribution in [0, 0.1) is 6.92 Å². The van der Waals surface area contributed by atoms with Crippen molar-refractivity contribution < 1.29 is 4.52 Å². The summed E-state index contributed by atoms with van der Waals surface area (Å²) in [7, 11) is 0. The first-order chi connectivity index (χ1) is 8.74. The molecular formula is C11H16N6O. The molecule has 0 bridgehead atoms. The number of H-pyrrole nitrogens is 1. The Balaban J connectivity index is 1.80. The van der Waals surface area contributed by atoms with Crippen LogP contribution < -0.4 is 10.6 Å². The number of anilines is 1. The minimum absolute atomic E-state index is 0.306. The second-order valence-corrected chi connectivity index (χ2v) is 4.60. The second-order valence-electron chi connectivity index (χ2n) is 4.60. The van der Waals surface area contributed by atoms with Gasteiger partial charge in [0.25, 0.3) is 0 Å². The van der Waals surface area contributed by atoms with E-state index >= 15 is 0 Å². The lowest BCUT2D eigenvalue weighted by atomic mass is 10.1. The summed E-state index contributed by atoms with van der Waals surface area (Å²) >= 11 is 0. The van der Waals surface area contributed by atoms with Gasteiger partial charge in [0, 0.05) is 19.1 Å². The molecule has 0 spiro atoms. The Labute approximate surface area is 104 Å². The van der Waals surface area contributed by atoms with Crippen molar-refractivity contribution in [2.75, 3.05) is 18.0 Å². The zero-order chi connectivity index (χ0) is 12.5. The number of hydrogen-bond acceptors (Lipinski definition) is 6. The standard InChI is InChI=1S/C11H16N6O/c1-7-9(6-13-18-7)10-14-11(16-15-10)17-4-2-8(12)3-5-17/h6,8H,2-5,12H2,1H3,(H,14,15,16). The average molecular weight is 248 g/mol. The molecule has 7 nitrogen and oxygen atoms in total. The molecule has 3 rings (SSSR count). The average Bonchev–Trinajstić information content (AvgIpc) is 2.98. The number of aromatic amines is 1. The summed E-state index contributed by atoms with van der Waals surface area (Å²) in [6, 6.07) is 0.306. The Kier molecular flexibility index (Phi) is 2.75. The molecule has 0 aliphatic carbocycles. The van der Waals surface area contributed by atoms with Crippen molar-refractivity contribution in [1.82, 2.24) is 20.3 Å². The van der Waals surface area contributed by atoms with Crippen LogP contribution in [0.4, 0.5) is 5.95 Å². The smallest absolute Gasteiger partial charge is 0.245 e. The Morgan fingerprint density at radius 1 is 1.44 bits per heavy atom. The van der Waals surface area contributed by atoms with Crippen molar-refractivity contribution in [2.45, 2.75) is 25.8 Å². The molecule has 2 aromatic heterocycles. The number of nitrogens with one attached hydrogen (secondary N) is 1. The first kappa shape index (κ1) is 11.2.